The van der Waals surface area contributed by atoms with Crippen molar-refractivity contribution in [2.24, 2.45) is 0 Å². The van der Waals surface area contributed by atoms with Crippen LogP contribution in [-0.2, 0) is 0 Å². The van der Waals surface area contributed by atoms with Crippen LogP contribution in [0.25, 0.3) is 0 Å². The van der Waals surface area contributed by atoms with E-state index in [-0.39, 0.29) is 18.6 Å². The smallest absolute Gasteiger partial charge is 0.323 e. The molecular formula is C18H13FN4O4. The molecule has 27 heavy (non-hydrogen) atoms. The number of urea groups is 1. The van der Waals surface area contributed by atoms with Gasteiger partial charge < -0.3 is 24.8 Å². The van der Waals surface area contributed by atoms with E-state index in [0.29, 0.717) is 22.9 Å². The Balaban J connectivity index is 1.36. The molecule has 9 heteroatoms. The number of hydrogen-bond acceptors (Lipinski definition) is 6. The van der Waals surface area contributed by atoms with Crippen LogP contribution in [0.1, 0.15) is 0 Å². The second kappa shape index (κ2) is 7.16. The molecule has 1 aliphatic rings. The Kier molecular flexibility index (Phi) is 4.40. The molecule has 2 amide bonds. The van der Waals surface area contributed by atoms with Crippen molar-refractivity contribution in [3.8, 4) is 23.3 Å². The van der Waals surface area contributed by atoms with Gasteiger partial charge >= 0.3 is 12.0 Å². The quantitative estimate of drug-likeness (QED) is 0.728. The van der Waals surface area contributed by atoms with Crippen LogP contribution >= 0.6 is 0 Å². The highest BCUT2D eigenvalue weighted by Gasteiger charge is 2.14. The molecule has 0 radical (unpaired) electrons. The first-order valence-electron chi connectivity index (χ1n) is 7.89. The monoisotopic (exact) mass is 368 g/mol. The third-order valence-electron chi connectivity index (χ3n) is 3.55. The number of amides is 2. The van der Waals surface area contributed by atoms with Gasteiger partial charge in [0.15, 0.2) is 23.1 Å². The summed E-state index contributed by atoms with van der Waals surface area (Å²) < 4.78 is 29.3. The first-order valence-corrected chi connectivity index (χ1v) is 7.89. The summed E-state index contributed by atoms with van der Waals surface area (Å²) >= 11 is 0. The molecule has 0 saturated heterocycles. The zero-order valence-corrected chi connectivity index (χ0v) is 13.8. The molecule has 0 fully saturated rings. The molecular weight excluding hydrogens is 355 g/mol. The normalized spacial score (nSPS) is 11.7. The first-order chi connectivity index (χ1) is 13.2. The summed E-state index contributed by atoms with van der Waals surface area (Å²) in [5.41, 5.74) is 0.881. The number of para-hydroxylation sites is 1. The Morgan fingerprint density at radius 3 is 2.56 bits per heavy atom. The number of ether oxygens (including phenoxy) is 3. The van der Waals surface area contributed by atoms with Crippen molar-refractivity contribution < 1.29 is 23.4 Å². The van der Waals surface area contributed by atoms with E-state index in [1.165, 1.54) is 24.5 Å². The number of nitrogens with one attached hydrogen (secondary N) is 2. The molecule has 4 rings (SSSR count). The Morgan fingerprint density at radius 1 is 1.00 bits per heavy atom. The van der Waals surface area contributed by atoms with Crippen molar-refractivity contribution in [1.82, 2.24) is 9.97 Å². The summed E-state index contributed by atoms with van der Waals surface area (Å²) in [6.07, 6.45) is 2.70. The maximum Gasteiger partial charge on any atom is 0.323 e. The van der Waals surface area contributed by atoms with Crippen molar-refractivity contribution in [1.29, 1.82) is 0 Å². The summed E-state index contributed by atoms with van der Waals surface area (Å²) in [6, 6.07) is 10.4. The third-order valence-corrected chi connectivity index (χ3v) is 3.55. The summed E-state index contributed by atoms with van der Waals surface area (Å²) in [5.74, 6) is 0.677. The standard InChI is InChI=1S/C18H13FN4O4/c19-13-3-1-2-4-14(13)27-18-20-8-12(9-21-18)23-17(24)22-11-5-6-15-16(7-11)26-10-25-15/h1-9H,10H2,(H2,22,23,24). The lowest BCUT2D eigenvalue weighted by molar-refractivity contribution is 0.174. The van der Waals surface area contributed by atoms with Crippen LogP contribution in [-0.4, -0.2) is 22.8 Å². The van der Waals surface area contributed by atoms with Crippen LogP contribution in [0.3, 0.4) is 0 Å². The number of carbonyl (C=O) groups excluding carboxylic acids is 1. The zero-order valence-electron chi connectivity index (χ0n) is 13.8. The minimum atomic E-state index is -0.522. The third kappa shape index (κ3) is 3.87. The van der Waals surface area contributed by atoms with Crippen molar-refractivity contribution in [2.75, 3.05) is 17.4 Å². The molecule has 0 unspecified atom stereocenters. The highest BCUT2D eigenvalue weighted by molar-refractivity contribution is 5.99. The van der Waals surface area contributed by atoms with Crippen LogP contribution in [0.5, 0.6) is 23.3 Å². The molecule has 0 saturated carbocycles. The lowest BCUT2D eigenvalue weighted by Crippen LogP contribution is -2.19. The number of nitrogens with zero attached hydrogens (tertiary/aromatic N) is 2. The van der Waals surface area contributed by atoms with Crippen molar-refractivity contribution in [3.05, 3.63) is 60.7 Å². The SMILES string of the molecule is O=C(Nc1cnc(Oc2ccccc2F)nc1)Nc1ccc2c(c1)OCO2. The molecule has 136 valence electrons. The van der Waals surface area contributed by atoms with Crippen molar-refractivity contribution >= 4 is 17.4 Å². The number of halogens is 1. The molecule has 8 nitrogen and oxygen atoms in total. The van der Waals surface area contributed by atoms with Gasteiger partial charge in [-0.25, -0.2) is 19.2 Å². The number of rotatable bonds is 4. The van der Waals surface area contributed by atoms with Gasteiger partial charge in [-0.2, -0.15) is 0 Å². The second-order valence-electron chi connectivity index (χ2n) is 5.43. The van der Waals surface area contributed by atoms with Crippen LogP contribution < -0.4 is 24.8 Å². The summed E-state index contributed by atoms with van der Waals surface area (Å²) in [5, 5.41) is 5.24. The van der Waals surface area contributed by atoms with E-state index in [2.05, 4.69) is 20.6 Å². The Morgan fingerprint density at radius 2 is 1.74 bits per heavy atom. The summed E-state index contributed by atoms with van der Waals surface area (Å²) in [7, 11) is 0. The average molecular weight is 368 g/mol. The Hall–Kier alpha value is -3.88. The fourth-order valence-corrected chi connectivity index (χ4v) is 2.33. The van der Waals surface area contributed by atoms with Crippen molar-refractivity contribution in [2.45, 2.75) is 0 Å². The lowest BCUT2D eigenvalue weighted by Gasteiger charge is -2.08. The van der Waals surface area contributed by atoms with Gasteiger partial charge in [0.2, 0.25) is 6.79 Å². The van der Waals surface area contributed by atoms with Crippen LogP contribution in [0.4, 0.5) is 20.6 Å². The summed E-state index contributed by atoms with van der Waals surface area (Å²) in [4.78, 5) is 20.0. The van der Waals surface area contributed by atoms with Gasteiger partial charge in [0, 0.05) is 11.8 Å². The fourth-order valence-electron chi connectivity index (χ4n) is 2.33. The average Bonchev–Trinajstić information content (AvgIpc) is 3.13. The molecule has 2 aromatic carbocycles. The number of anilines is 2. The van der Waals surface area contributed by atoms with E-state index in [4.69, 9.17) is 14.2 Å². The number of carbonyl (C=O) groups is 1. The van der Waals surface area contributed by atoms with Gasteiger partial charge in [-0.05, 0) is 24.3 Å². The van der Waals surface area contributed by atoms with E-state index >= 15 is 0 Å². The Labute approximate surface area is 152 Å². The summed E-state index contributed by atoms with van der Waals surface area (Å²) in [6.45, 7) is 0.156. The predicted molar refractivity (Wildman–Crippen MR) is 93.7 cm³/mol. The molecule has 3 aromatic rings. The molecule has 0 atom stereocenters. The molecule has 0 aliphatic carbocycles. The van der Waals surface area contributed by atoms with E-state index in [9.17, 15) is 9.18 Å². The van der Waals surface area contributed by atoms with Gasteiger partial charge in [-0.15, -0.1) is 0 Å². The van der Waals surface area contributed by atoms with Gasteiger partial charge in [0.05, 0.1) is 18.1 Å². The number of aromatic nitrogens is 2. The topological polar surface area (TPSA) is 94.6 Å². The molecule has 0 spiro atoms. The predicted octanol–water partition coefficient (Wildman–Crippen LogP) is 3.78. The maximum absolute atomic E-state index is 13.6. The highest BCUT2D eigenvalue weighted by Crippen LogP contribution is 2.34. The molecule has 1 aromatic heterocycles. The first kappa shape index (κ1) is 16.6. The Bertz CT molecular complexity index is 981. The lowest BCUT2D eigenvalue weighted by atomic mass is 10.3. The molecule has 2 N–H and O–H groups in total. The van der Waals surface area contributed by atoms with Gasteiger partial charge in [0.25, 0.3) is 0 Å². The van der Waals surface area contributed by atoms with Gasteiger partial charge in [0.1, 0.15) is 0 Å². The molecule has 2 heterocycles. The largest absolute Gasteiger partial charge is 0.454 e. The minimum absolute atomic E-state index is 0.0127. The second-order valence-corrected chi connectivity index (χ2v) is 5.43. The van der Waals surface area contributed by atoms with Crippen LogP contribution in [0, 0.1) is 5.82 Å². The highest BCUT2D eigenvalue weighted by atomic mass is 19.1. The van der Waals surface area contributed by atoms with Gasteiger partial charge in [-0.3, -0.25) is 0 Å². The fraction of sp³-hybridized carbons (Fsp3) is 0.0556. The van der Waals surface area contributed by atoms with Crippen LogP contribution in [0.15, 0.2) is 54.9 Å². The van der Waals surface area contributed by atoms with Crippen LogP contribution in [0.2, 0.25) is 0 Å². The van der Waals surface area contributed by atoms with E-state index < -0.39 is 11.8 Å². The maximum atomic E-state index is 13.6. The molecule has 0 bridgehead atoms. The number of fused-ring (bicyclic) bond motifs is 1. The number of hydrogen-bond donors (Lipinski definition) is 2. The van der Waals surface area contributed by atoms with Gasteiger partial charge in [-0.1, -0.05) is 12.1 Å². The van der Waals surface area contributed by atoms with E-state index in [1.54, 1.807) is 30.3 Å². The minimum Gasteiger partial charge on any atom is -0.454 e. The van der Waals surface area contributed by atoms with E-state index in [0.717, 1.165) is 0 Å². The van der Waals surface area contributed by atoms with Crippen molar-refractivity contribution in [3.63, 3.8) is 0 Å². The van der Waals surface area contributed by atoms with E-state index in [1.807, 2.05) is 0 Å². The zero-order chi connectivity index (χ0) is 18.6. The number of benzene rings is 2. The molecule has 1 aliphatic heterocycles.